The van der Waals surface area contributed by atoms with Crippen LogP contribution in [0, 0.1) is 6.92 Å². The number of likely N-dealkylation sites (N-methyl/N-ethyl adjacent to an activating group) is 1. The number of nitrogens with zero attached hydrogens (tertiary/aromatic N) is 5. The highest BCUT2D eigenvalue weighted by Gasteiger charge is 2.31. The molecule has 0 saturated heterocycles. The number of amides is 5. The van der Waals surface area contributed by atoms with Gasteiger partial charge in [-0.2, -0.15) is 0 Å². The molecular weight excluding hydrogens is 827 g/mol. The number of hydrogen-bond donors (Lipinski definition) is 2. The highest BCUT2D eigenvalue weighted by Crippen LogP contribution is 2.42. The van der Waals surface area contributed by atoms with E-state index in [2.05, 4.69) is 15.6 Å². The maximum absolute atomic E-state index is 14.2. The second kappa shape index (κ2) is 21.6. The van der Waals surface area contributed by atoms with Crippen LogP contribution in [0.25, 0.3) is 16.4 Å². The minimum Gasteiger partial charge on any atom is -0.468 e. The van der Waals surface area contributed by atoms with E-state index in [9.17, 15) is 24.0 Å². The Kier molecular flexibility index (Phi) is 15.3. The second-order valence-corrected chi connectivity index (χ2v) is 14.9. The summed E-state index contributed by atoms with van der Waals surface area (Å²) in [6, 6.07) is 17.7. The molecule has 0 radical (unpaired) electrons. The minimum atomic E-state index is -0.560. The van der Waals surface area contributed by atoms with E-state index in [1.807, 2.05) is 25.1 Å². The molecule has 0 spiro atoms. The third-order valence-electron chi connectivity index (χ3n) is 10.6. The van der Waals surface area contributed by atoms with E-state index >= 15 is 0 Å². The zero-order chi connectivity index (χ0) is 45.0. The van der Waals surface area contributed by atoms with Gasteiger partial charge >= 0.3 is 6.09 Å². The van der Waals surface area contributed by atoms with Crippen molar-refractivity contribution in [3.63, 3.8) is 0 Å². The number of benzene rings is 3. The molecule has 4 heterocycles. The molecule has 0 bridgehead atoms. The van der Waals surface area contributed by atoms with Crippen molar-refractivity contribution >= 4 is 57.5 Å². The summed E-state index contributed by atoms with van der Waals surface area (Å²) in [4.78, 5) is 73.3. The van der Waals surface area contributed by atoms with Gasteiger partial charge in [0.15, 0.2) is 6.79 Å². The molecule has 2 aliphatic rings. The van der Waals surface area contributed by atoms with Crippen molar-refractivity contribution in [3.8, 4) is 11.5 Å². The summed E-state index contributed by atoms with van der Waals surface area (Å²) in [6.45, 7) is 5.50. The summed E-state index contributed by atoms with van der Waals surface area (Å²) >= 11 is 0. The van der Waals surface area contributed by atoms with Crippen LogP contribution in [-0.4, -0.2) is 142 Å². The molecule has 0 fully saturated rings. The first-order valence-corrected chi connectivity index (χ1v) is 20.9. The van der Waals surface area contributed by atoms with E-state index in [1.165, 1.54) is 19.3 Å². The van der Waals surface area contributed by atoms with Crippen LogP contribution >= 0.6 is 0 Å². The molecule has 5 aromatic rings. The van der Waals surface area contributed by atoms with Gasteiger partial charge in [-0.05, 0) is 73.3 Å². The quantitative estimate of drug-likeness (QED) is 0.0571. The molecule has 18 heteroatoms. The molecule has 336 valence electrons. The Morgan fingerprint density at radius 2 is 1.59 bits per heavy atom. The average Bonchev–Trinajstić information content (AvgIpc) is 4.01. The molecule has 0 atom stereocenters. The number of rotatable bonds is 22. The highest BCUT2D eigenvalue weighted by atomic mass is 16.7. The molecule has 3 aromatic carbocycles. The molecule has 18 nitrogen and oxygen atoms in total. The van der Waals surface area contributed by atoms with Gasteiger partial charge in [0.25, 0.3) is 23.6 Å². The van der Waals surface area contributed by atoms with E-state index in [0.29, 0.717) is 86.6 Å². The fourth-order valence-corrected chi connectivity index (χ4v) is 7.39. The number of imide groups is 1. The van der Waals surface area contributed by atoms with Crippen molar-refractivity contribution in [2.75, 3.05) is 104 Å². The first kappa shape index (κ1) is 45.3. The summed E-state index contributed by atoms with van der Waals surface area (Å²) in [5.41, 5.74) is 4.30. The van der Waals surface area contributed by atoms with Crippen molar-refractivity contribution in [1.29, 1.82) is 0 Å². The average molecular weight is 878 g/mol. The van der Waals surface area contributed by atoms with Crippen molar-refractivity contribution in [3.05, 3.63) is 108 Å². The molecule has 2 aromatic heterocycles. The number of carbonyl (C=O) groups is 5. The first-order chi connectivity index (χ1) is 31.1. The number of aryl methyl sites for hydroxylation is 1. The normalized spacial score (nSPS) is 13.3. The smallest absolute Gasteiger partial charge is 0.415 e. The van der Waals surface area contributed by atoms with Gasteiger partial charge in [0, 0.05) is 74.9 Å². The molecule has 7 rings (SSSR count). The predicted octanol–water partition coefficient (Wildman–Crippen LogP) is 4.23. The summed E-state index contributed by atoms with van der Waals surface area (Å²) in [5, 5.41) is 7.66. The molecule has 5 amide bonds. The first-order valence-electron chi connectivity index (χ1n) is 20.9. The van der Waals surface area contributed by atoms with Gasteiger partial charge in [-0.25, -0.2) is 9.78 Å². The Bertz CT molecular complexity index is 2510. The summed E-state index contributed by atoms with van der Waals surface area (Å²) < 4.78 is 35.0. The Balaban J connectivity index is 0.960. The van der Waals surface area contributed by atoms with E-state index in [-0.39, 0.29) is 62.4 Å². The van der Waals surface area contributed by atoms with Crippen LogP contribution in [-0.2, 0) is 35.0 Å². The number of fused-ring (bicyclic) bond motifs is 4. The predicted molar refractivity (Wildman–Crippen MR) is 236 cm³/mol. The van der Waals surface area contributed by atoms with Crippen molar-refractivity contribution < 1.29 is 52.4 Å². The lowest BCUT2D eigenvalue weighted by Gasteiger charge is -2.23. The summed E-state index contributed by atoms with van der Waals surface area (Å²) in [5.74, 6) is -0.411. The van der Waals surface area contributed by atoms with E-state index in [1.54, 1.807) is 76.1 Å². The number of aromatic nitrogens is 2. The minimum absolute atomic E-state index is 0.101. The third kappa shape index (κ3) is 10.9. The maximum Gasteiger partial charge on any atom is 0.415 e. The Labute approximate surface area is 369 Å². The molecule has 2 aliphatic heterocycles. The Morgan fingerprint density at radius 3 is 2.33 bits per heavy atom. The monoisotopic (exact) mass is 877 g/mol. The topological polar surface area (TPSA) is 192 Å². The van der Waals surface area contributed by atoms with Gasteiger partial charge < -0.3 is 53.3 Å². The standard InChI is InChI=1S/C46H51N7O11/c1-31-5-4-6-36-39(64-46(58)50(18-16-47-2)19-21-60-23-25-62-26-24-61-22-20-53-41(54)13-14-42(53)55)27-38-35(43(31)36)15-17-52(38)45(57)37-29-51-28-33(9-12-40(51)49-37)48-44(56)32-7-10-34(11-8-32)63-30-59-3/h4-14,27-29,47H,15-26,30H2,1-3H3,(H,48,56). The SMILES string of the molecule is CNCCN(CCOCCOCCOCCN1C(=O)C=CC1=O)C(=O)Oc1cc2c(c3c(C)cccc13)CCN2C(=O)c1cn2cc(NC(=O)c3ccc(OCOC)cc3)ccc2n1. The zero-order valence-electron chi connectivity index (χ0n) is 36.0. The molecule has 0 aliphatic carbocycles. The molecule has 0 saturated carbocycles. The summed E-state index contributed by atoms with van der Waals surface area (Å²) in [6.07, 6.45) is 5.85. The van der Waals surface area contributed by atoms with Crippen LogP contribution in [0.1, 0.15) is 32.0 Å². The number of hydrogen-bond acceptors (Lipinski definition) is 13. The largest absolute Gasteiger partial charge is 0.468 e. The molecule has 2 N–H and O–H groups in total. The number of nitrogens with one attached hydrogen (secondary N) is 2. The van der Waals surface area contributed by atoms with Gasteiger partial charge in [-0.15, -0.1) is 0 Å². The lowest BCUT2D eigenvalue weighted by atomic mass is 9.97. The number of anilines is 2. The van der Waals surface area contributed by atoms with Crippen molar-refractivity contribution in [1.82, 2.24) is 24.5 Å². The number of imidazole rings is 1. The lowest BCUT2D eigenvalue weighted by molar-refractivity contribution is -0.137. The fourth-order valence-electron chi connectivity index (χ4n) is 7.39. The van der Waals surface area contributed by atoms with E-state index in [4.69, 9.17) is 28.4 Å². The van der Waals surface area contributed by atoms with Gasteiger partial charge in [0.2, 0.25) is 0 Å². The zero-order valence-corrected chi connectivity index (χ0v) is 36.0. The van der Waals surface area contributed by atoms with Crippen LogP contribution in [0.15, 0.2) is 85.2 Å². The summed E-state index contributed by atoms with van der Waals surface area (Å²) in [7, 11) is 3.33. The van der Waals surface area contributed by atoms with Crippen LogP contribution in [0.2, 0.25) is 0 Å². The molecule has 0 unspecified atom stereocenters. The van der Waals surface area contributed by atoms with Gasteiger partial charge in [-0.1, -0.05) is 18.2 Å². The van der Waals surface area contributed by atoms with Crippen LogP contribution in [0.5, 0.6) is 11.5 Å². The van der Waals surface area contributed by atoms with Gasteiger partial charge in [-0.3, -0.25) is 24.1 Å². The third-order valence-corrected chi connectivity index (χ3v) is 10.6. The van der Waals surface area contributed by atoms with Crippen LogP contribution in [0.3, 0.4) is 0 Å². The Morgan fingerprint density at radius 1 is 0.859 bits per heavy atom. The number of carbonyl (C=O) groups excluding carboxylic acids is 5. The van der Waals surface area contributed by atoms with E-state index in [0.717, 1.165) is 26.8 Å². The maximum atomic E-state index is 14.2. The number of ether oxygens (including phenoxy) is 6. The van der Waals surface area contributed by atoms with Crippen molar-refractivity contribution in [2.45, 2.75) is 13.3 Å². The van der Waals surface area contributed by atoms with Crippen LogP contribution in [0.4, 0.5) is 16.2 Å². The van der Waals surface area contributed by atoms with Gasteiger partial charge in [0.05, 0.1) is 57.6 Å². The number of pyridine rings is 1. The van der Waals surface area contributed by atoms with Crippen LogP contribution < -0.4 is 25.0 Å². The lowest BCUT2D eigenvalue weighted by Crippen LogP contribution is -2.40. The highest BCUT2D eigenvalue weighted by molar-refractivity contribution is 6.13. The Hall–Kier alpha value is -6.70. The second-order valence-electron chi connectivity index (χ2n) is 14.9. The molecular formula is C46H51N7O11. The van der Waals surface area contributed by atoms with Gasteiger partial charge in [0.1, 0.15) is 22.8 Å². The number of methoxy groups -OCH3 is 1. The van der Waals surface area contributed by atoms with E-state index < -0.39 is 6.09 Å². The molecule has 64 heavy (non-hydrogen) atoms. The van der Waals surface area contributed by atoms with Crippen molar-refractivity contribution in [2.24, 2.45) is 0 Å². The fraction of sp³-hybridized carbons (Fsp3) is 0.348.